The van der Waals surface area contributed by atoms with Gasteiger partial charge < -0.3 is 53.3 Å². The van der Waals surface area contributed by atoms with Crippen molar-refractivity contribution in [2.75, 3.05) is 20.1 Å². The first kappa shape index (κ1) is 43.0. The van der Waals surface area contributed by atoms with Crippen LogP contribution < -0.4 is 38.5 Å². The number of guanidine groups is 1. The smallest absolute Gasteiger partial charge is 0.245 e. The van der Waals surface area contributed by atoms with E-state index in [1.165, 1.54) is 19.6 Å². The van der Waals surface area contributed by atoms with Gasteiger partial charge in [-0.3, -0.25) is 33.8 Å². The van der Waals surface area contributed by atoms with Crippen LogP contribution in [0.2, 0.25) is 0 Å². The molecule has 0 saturated heterocycles. The molecule has 0 radical (unpaired) electrons. The predicted molar refractivity (Wildman–Crippen MR) is 214 cm³/mol. The summed E-state index contributed by atoms with van der Waals surface area (Å²) in [5, 5.41) is 12.0. The van der Waals surface area contributed by atoms with E-state index < -0.39 is 53.7 Å². The van der Waals surface area contributed by atoms with Crippen molar-refractivity contribution < 1.29 is 28.8 Å². The van der Waals surface area contributed by atoms with Crippen molar-refractivity contribution in [1.29, 1.82) is 0 Å². The number of primary amides is 1. The summed E-state index contributed by atoms with van der Waals surface area (Å²) in [6, 6.07) is 11.8. The molecule has 0 unspecified atom stereocenters. The van der Waals surface area contributed by atoms with E-state index in [1.54, 1.807) is 30.5 Å². The van der Waals surface area contributed by atoms with Crippen LogP contribution in [0.15, 0.2) is 78.3 Å². The molecule has 2 aromatic heterocycles. The first-order valence-corrected chi connectivity index (χ1v) is 18.7. The number of aromatic amines is 2. The number of nitrogens with zero attached hydrogens (tertiary/aromatic N) is 3. The van der Waals surface area contributed by atoms with Crippen LogP contribution in [0.25, 0.3) is 10.9 Å². The highest BCUT2D eigenvalue weighted by atomic mass is 16.2. The van der Waals surface area contributed by atoms with Crippen molar-refractivity contribution in [2.24, 2.45) is 22.2 Å². The lowest BCUT2D eigenvalue weighted by molar-refractivity contribution is -0.138. The van der Waals surface area contributed by atoms with Gasteiger partial charge in [0.05, 0.1) is 12.9 Å². The van der Waals surface area contributed by atoms with Gasteiger partial charge >= 0.3 is 0 Å². The lowest BCUT2D eigenvalue weighted by Crippen LogP contribution is -2.59. The van der Waals surface area contributed by atoms with Gasteiger partial charge in [0.15, 0.2) is 5.96 Å². The van der Waals surface area contributed by atoms with Gasteiger partial charge in [0, 0.05) is 68.3 Å². The number of para-hydroxylation sites is 1. The third kappa shape index (κ3) is 13.5. The maximum Gasteiger partial charge on any atom is 0.245 e. The zero-order valence-corrected chi connectivity index (χ0v) is 32.1. The number of likely N-dealkylation sites (N-methyl/N-ethyl adjacent to an activating group) is 1. The Morgan fingerprint density at radius 2 is 1.44 bits per heavy atom. The number of nitrogens with two attached hydrogens (primary N) is 3. The second-order valence-electron chi connectivity index (χ2n) is 13.7. The van der Waals surface area contributed by atoms with Crippen molar-refractivity contribution in [3.05, 3.63) is 90.1 Å². The molecule has 4 rings (SSSR count). The highest BCUT2D eigenvalue weighted by Gasteiger charge is 2.33. The van der Waals surface area contributed by atoms with Gasteiger partial charge in [-0.05, 0) is 36.5 Å². The number of rotatable bonds is 22. The van der Waals surface area contributed by atoms with Crippen molar-refractivity contribution in [3.63, 3.8) is 0 Å². The van der Waals surface area contributed by atoms with E-state index in [4.69, 9.17) is 17.2 Å². The molecular formula is C39H52N12O6. The SMILES string of the molecule is CCCC(=O)N[C@@H](Cc1cnc[nH]1)C(=O)N[C@@H](Cc1ccccc1)C(=O)N[C@@H](CCCN=C(N)N)C(=O)N[C@@H](Cc1c[nH]c2ccccc12)C(=O)N(C)CC(N)=O. The molecule has 6 amide bonds. The van der Waals surface area contributed by atoms with Crippen molar-refractivity contribution in [1.82, 2.24) is 41.1 Å². The molecule has 0 fully saturated rings. The van der Waals surface area contributed by atoms with Crippen molar-refractivity contribution in [2.45, 2.75) is 76.0 Å². The Bertz CT molecular complexity index is 1990. The summed E-state index contributed by atoms with van der Waals surface area (Å²) in [6.45, 7) is 1.59. The van der Waals surface area contributed by atoms with Crippen LogP contribution in [0.3, 0.4) is 0 Å². The number of fused-ring (bicyclic) bond motifs is 1. The number of carbonyl (C=O) groups is 6. The van der Waals surface area contributed by atoms with Crippen LogP contribution in [-0.2, 0) is 48.0 Å². The molecule has 4 aromatic rings. The highest BCUT2D eigenvalue weighted by Crippen LogP contribution is 2.20. The molecule has 0 aliphatic carbocycles. The maximum absolute atomic E-state index is 14.2. The van der Waals surface area contributed by atoms with Crippen LogP contribution >= 0.6 is 0 Å². The fraction of sp³-hybridized carbons (Fsp3) is 0.385. The highest BCUT2D eigenvalue weighted by molar-refractivity contribution is 5.96. The zero-order chi connectivity index (χ0) is 41.3. The van der Waals surface area contributed by atoms with Gasteiger partial charge in [0.25, 0.3) is 0 Å². The van der Waals surface area contributed by atoms with Gasteiger partial charge in [0.2, 0.25) is 35.4 Å². The second-order valence-corrected chi connectivity index (χ2v) is 13.7. The number of carbonyl (C=O) groups excluding carboxylic acids is 6. The van der Waals surface area contributed by atoms with Crippen LogP contribution in [0.5, 0.6) is 0 Å². The average Bonchev–Trinajstić information content (AvgIpc) is 3.85. The van der Waals surface area contributed by atoms with Crippen LogP contribution in [0, 0.1) is 0 Å². The minimum Gasteiger partial charge on any atom is -0.370 e. The maximum atomic E-state index is 14.2. The summed E-state index contributed by atoms with van der Waals surface area (Å²) in [5.74, 6) is -3.83. The number of amides is 6. The molecule has 2 heterocycles. The number of benzene rings is 2. The van der Waals surface area contributed by atoms with Gasteiger partial charge in [-0.2, -0.15) is 0 Å². The molecule has 0 aliphatic heterocycles. The van der Waals surface area contributed by atoms with Gasteiger partial charge in [-0.15, -0.1) is 0 Å². The Hall–Kier alpha value is -6.72. The Morgan fingerprint density at radius 3 is 2.11 bits per heavy atom. The van der Waals surface area contributed by atoms with E-state index in [9.17, 15) is 28.8 Å². The largest absolute Gasteiger partial charge is 0.370 e. The first-order chi connectivity index (χ1) is 27.3. The fourth-order valence-corrected chi connectivity index (χ4v) is 6.27. The molecule has 0 saturated carbocycles. The molecule has 57 heavy (non-hydrogen) atoms. The summed E-state index contributed by atoms with van der Waals surface area (Å²) < 4.78 is 0. The van der Waals surface area contributed by atoms with Crippen molar-refractivity contribution >= 4 is 52.3 Å². The van der Waals surface area contributed by atoms with Crippen LogP contribution in [0.1, 0.15) is 49.4 Å². The van der Waals surface area contributed by atoms with E-state index in [1.807, 2.05) is 37.3 Å². The van der Waals surface area contributed by atoms with E-state index in [-0.39, 0.29) is 63.5 Å². The van der Waals surface area contributed by atoms with E-state index in [0.29, 0.717) is 17.7 Å². The van der Waals surface area contributed by atoms with Crippen molar-refractivity contribution in [3.8, 4) is 0 Å². The Labute approximate surface area is 330 Å². The normalized spacial score (nSPS) is 13.0. The Morgan fingerprint density at radius 1 is 0.789 bits per heavy atom. The predicted octanol–water partition coefficient (Wildman–Crippen LogP) is -0.344. The van der Waals surface area contributed by atoms with Crippen LogP contribution in [0.4, 0.5) is 0 Å². The molecule has 18 heteroatoms. The minimum atomic E-state index is -1.23. The summed E-state index contributed by atoms with van der Waals surface area (Å²) in [6.07, 6.45) is 5.94. The number of imidazole rings is 1. The molecule has 304 valence electrons. The summed E-state index contributed by atoms with van der Waals surface area (Å²) in [5.41, 5.74) is 19.3. The molecule has 18 nitrogen and oxygen atoms in total. The molecular weight excluding hydrogens is 733 g/mol. The second kappa shape index (κ2) is 21.4. The topological polar surface area (TPSA) is 289 Å². The third-order valence-electron chi connectivity index (χ3n) is 9.08. The lowest BCUT2D eigenvalue weighted by atomic mass is 10.0. The lowest BCUT2D eigenvalue weighted by Gasteiger charge is -2.28. The standard InChI is InChI=1S/C39H52N12O6/c1-3-10-34(53)47-31(19-26-21-43-23-46-26)37(56)49-30(17-24-11-5-4-6-12-24)36(55)48-29(15-9-16-44-39(41)42)35(54)50-32(38(57)51(2)22-33(40)52)18-25-20-45-28-14-8-7-13-27(25)28/h4-8,11-14,20-21,23,29-32,45H,3,9-10,15-19,22H2,1-2H3,(H2,40,52)(H,43,46)(H,47,53)(H,48,55)(H,49,56)(H,50,54)(H4,41,42,44)/t29-,30-,31-,32-/m0/s1. The quantitative estimate of drug-likeness (QED) is 0.0286. The summed E-state index contributed by atoms with van der Waals surface area (Å²) in [7, 11) is 1.40. The average molecular weight is 785 g/mol. The number of hydrogen-bond donors (Lipinski definition) is 9. The van der Waals surface area contributed by atoms with Gasteiger partial charge in [0.1, 0.15) is 24.2 Å². The monoisotopic (exact) mass is 784 g/mol. The minimum absolute atomic E-state index is 0.0417. The summed E-state index contributed by atoms with van der Waals surface area (Å²) >= 11 is 0. The number of aliphatic imine (C=N–C) groups is 1. The fourth-order valence-electron chi connectivity index (χ4n) is 6.27. The Kier molecular flexibility index (Phi) is 16.1. The number of aromatic nitrogens is 3. The van der Waals surface area contributed by atoms with Gasteiger partial charge in [-0.25, -0.2) is 4.98 Å². The molecule has 4 atom stereocenters. The Balaban J connectivity index is 1.62. The van der Waals surface area contributed by atoms with Gasteiger partial charge in [-0.1, -0.05) is 55.5 Å². The molecule has 2 aromatic carbocycles. The number of nitrogens with one attached hydrogen (secondary N) is 6. The number of H-pyrrole nitrogens is 2. The van der Waals surface area contributed by atoms with Crippen LogP contribution in [-0.4, -0.2) is 106 Å². The van der Waals surface area contributed by atoms with E-state index in [0.717, 1.165) is 21.4 Å². The van der Waals surface area contributed by atoms with E-state index >= 15 is 0 Å². The summed E-state index contributed by atoms with van der Waals surface area (Å²) in [4.78, 5) is 95.7. The molecule has 0 spiro atoms. The third-order valence-corrected chi connectivity index (χ3v) is 9.08. The molecule has 12 N–H and O–H groups in total. The van der Waals surface area contributed by atoms with E-state index in [2.05, 4.69) is 41.2 Å². The molecule has 0 aliphatic rings. The molecule has 0 bridgehead atoms. The number of hydrogen-bond acceptors (Lipinski definition) is 8. The zero-order valence-electron chi connectivity index (χ0n) is 32.1. The first-order valence-electron chi connectivity index (χ1n) is 18.7.